The molecule has 0 saturated carbocycles. The number of piperidine rings is 1. The van der Waals surface area contributed by atoms with Gasteiger partial charge in [-0.15, -0.1) is 0 Å². The Labute approximate surface area is 135 Å². The van der Waals surface area contributed by atoms with E-state index in [1.54, 1.807) is 12.4 Å². The molecule has 6 nitrogen and oxygen atoms in total. The number of fused-ring (bicyclic) bond motifs is 1. The van der Waals surface area contributed by atoms with Crippen LogP contribution in [0.5, 0.6) is 0 Å². The van der Waals surface area contributed by atoms with Crippen molar-refractivity contribution in [1.29, 1.82) is 0 Å². The Balaban J connectivity index is 1.38. The van der Waals surface area contributed by atoms with E-state index in [4.69, 9.17) is 0 Å². The zero-order valence-corrected chi connectivity index (χ0v) is 12.9. The van der Waals surface area contributed by atoms with E-state index in [1.165, 1.54) is 12.1 Å². The maximum atomic E-state index is 4.36. The van der Waals surface area contributed by atoms with Crippen LogP contribution in [0.3, 0.4) is 0 Å². The van der Waals surface area contributed by atoms with Crippen molar-refractivity contribution in [3.63, 3.8) is 0 Å². The molecule has 118 valence electrons. The number of aromatic amines is 1. The molecule has 0 aliphatic carbocycles. The smallest absolute Gasteiger partial charge is 0.225 e. The minimum Gasteiger partial charge on any atom is -0.357 e. The maximum Gasteiger partial charge on any atom is 0.225 e. The predicted molar refractivity (Wildman–Crippen MR) is 90.2 cm³/mol. The minimum atomic E-state index is 0.456. The molecule has 0 spiro atoms. The minimum absolute atomic E-state index is 0.456. The summed E-state index contributed by atoms with van der Waals surface area (Å²) in [6, 6.07) is 6.48. The lowest BCUT2D eigenvalue weighted by Crippen LogP contribution is -2.46. The van der Waals surface area contributed by atoms with E-state index in [0.717, 1.165) is 42.9 Å². The van der Waals surface area contributed by atoms with Gasteiger partial charge >= 0.3 is 0 Å². The summed E-state index contributed by atoms with van der Waals surface area (Å²) >= 11 is 0. The van der Waals surface area contributed by atoms with Crippen LogP contribution < -0.4 is 10.2 Å². The molecule has 1 unspecified atom stereocenters. The quantitative estimate of drug-likeness (QED) is 0.772. The van der Waals surface area contributed by atoms with E-state index in [0.29, 0.717) is 6.04 Å². The van der Waals surface area contributed by atoms with Crippen LogP contribution in [0, 0.1) is 0 Å². The van der Waals surface area contributed by atoms with Crippen molar-refractivity contribution in [3.05, 3.63) is 48.7 Å². The number of H-pyrrole nitrogens is 1. The summed E-state index contributed by atoms with van der Waals surface area (Å²) in [5.74, 6) is 0.829. The molecule has 1 atom stereocenters. The van der Waals surface area contributed by atoms with Crippen molar-refractivity contribution < 1.29 is 0 Å². The first-order chi connectivity index (χ1) is 11.4. The van der Waals surface area contributed by atoms with Crippen LogP contribution in [0.4, 0.5) is 5.95 Å². The molecule has 0 radical (unpaired) electrons. The SMILES string of the molecule is c1cnc(N2CCCC(NCc3cc4cnccc4[nH]3)C2)nc1. The highest BCUT2D eigenvalue weighted by Crippen LogP contribution is 2.17. The number of nitrogens with one attached hydrogen (secondary N) is 2. The van der Waals surface area contributed by atoms with Crippen molar-refractivity contribution in [1.82, 2.24) is 25.3 Å². The van der Waals surface area contributed by atoms with Crippen LogP contribution in [-0.2, 0) is 6.54 Å². The van der Waals surface area contributed by atoms with Crippen LogP contribution >= 0.6 is 0 Å². The van der Waals surface area contributed by atoms with Gasteiger partial charge in [0, 0.05) is 67.1 Å². The average molecular weight is 308 g/mol. The molecule has 2 N–H and O–H groups in total. The molecule has 0 aromatic carbocycles. The van der Waals surface area contributed by atoms with Gasteiger partial charge < -0.3 is 15.2 Å². The normalized spacial score (nSPS) is 18.4. The largest absolute Gasteiger partial charge is 0.357 e. The molecule has 3 aromatic rings. The Kier molecular flexibility index (Phi) is 3.90. The molecule has 0 bridgehead atoms. The highest BCUT2D eigenvalue weighted by molar-refractivity contribution is 5.79. The first-order valence-electron chi connectivity index (χ1n) is 8.05. The molecular weight excluding hydrogens is 288 g/mol. The molecule has 1 aliphatic rings. The molecule has 6 heteroatoms. The number of hydrogen-bond acceptors (Lipinski definition) is 5. The van der Waals surface area contributed by atoms with Gasteiger partial charge in [-0.05, 0) is 31.0 Å². The molecule has 0 amide bonds. The van der Waals surface area contributed by atoms with Crippen LogP contribution in [0.15, 0.2) is 43.0 Å². The van der Waals surface area contributed by atoms with Crippen LogP contribution in [0.1, 0.15) is 18.5 Å². The highest BCUT2D eigenvalue weighted by atomic mass is 15.3. The molecule has 1 fully saturated rings. The maximum absolute atomic E-state index is 4.36. The van der Waals surface area contributed by atoms with E-state index in [-0.39, 0.29) is 0 Å². The van der Waals surface area contributed by atoms with Crippen molar-refractivity contribution in [2.45, 2.75) is 25.4 Å². The lowest BCUT2D eigenvalue weighted by molar-refractivity contribution is 0.416. The molecule has 1 aliphatic heterocycles. The number of pyridine rings is 1. The summed E-state index contributed by atoms with van der Waals surface area (Å²) in [6.07, 6.45) is 9.66. The Bertz CT molecular complexity index is 736. The fourth-order valence-corrected chi connectivity index (χ4v) is 3.16. The van der Waals surface area contributed by atoms with Gasteiger partial charge in [-0.1, -0.05) is 0 Å². The van der Waals surface area contributed by atoms with E-state index in [2.05, 4.69) is 36.2 Å². The molecule has 1 saturated heterocycles. The molecule has 4 heterocycles. The number of aromatic nitrogens is 4. The van der Waals surface area contributed by atoms with Crippen LogP contribution in [0.25, 0.3) is 10.9 Å². The average Bonchev–Trinajstić information content (AvgIpc) is 3.04. The summed E-state index contributed by atoms with van der Waals surface area (Å²) in [5, 5.41) is 4.81. The van der Waals surface area contributed by atoms with E-state index in [9.17, 15) is 0 Å². The number of rotatable bonds is 4. The zero-order valence-electron chi connectivity index (χ0n) is 12.9. The fraction of sp³-hybridized carbons (Fsp3) is 0.353. The molecular formula is C17H20N6. The predicted octanol–water partition coefficient (Wildman–Crippen LogP) is 2.11. The van der Waals surface area contributed by atoms with E-state index >= 15 is 0 Å². The second-order valence-electron chi connectivity index (χ2n) is 5.97. The van der Waals surface area contributed by atoms with Gasteiger partial charge in [-0.2, -0.15) is 0 Å². The first kappa shape index (κ1) is 14.1. The third-order valence-corrected chi connectivity index (χ3v) is 4.31. The van der Waals surface area contributed by atoms with Gasteiger partial charge in [-0.3, -0.25) is 4.98 Å². The topological polar surface area (TPSA) is 69.7 Å². The third kappa shape index (κ3) is 3.17. The van der Waals surface area contributed by atoms with Crippen LogP contribution in [-0.4, -0.2) is 39.1 Å². The van der Waals surface area contributed by atoms with Gasteiger partial charge in [0.1, 0.15) is 0 Å². The van der Waals surface area contributed by atoms with Gasteiger partial charge in [0.2, 0.25) is 5.95 Å². The Morgan fingerprint density at radius 1 is 1.26 bits per heavy atom. The Morgan fingerprint density at radius 3 is 3.04 bits per heavy atom. The second kappa shape index (κ2) is 6.34. The van der Waals surface area contributed by atoms with Crippen molar-refractivity contribution in [2.24, 2.45) is 0 Å². The Morgan fingerprint density at radius 2 is 2.17 bits per heavy atom. The highest BCUT2D eigenvalue weighted by Gasteiger charge is 2.21. The monoisotopic (exact) mass is 308 g/mol. The van der Waals surface area contributed by atoms with Crippen LogP contribution in [0.2, 0.25) is 0 Å². The van der Waals surface area contributed by atoms with Crippen molar-refractivity contribution in [2.75, 3.05) is 18.0 Å². The molecule has 4 rings (SSSR count). The lowest BCUT2D eigenvalue weighted by atomic mass is 10.1. The van der Waals surface area contributed by atoms with Crippen molar-refractivity contribution >= 4 is 16.9 Å². The summed E-state index contributed by atoms with van der Waals surface area (Å²) in [5.41, 5.74) is 2.33. The number of nitrogens with zero attached hydrogens (tertiary/aromatic N) is 4. The van der Waals surface area contributed by atoms with E-state index < -0.39 is 0 Å². The first-order valence-corrected chi connectivity index (χ1v) is 8.05. The summed E-state index contributed by atoms with van der Waals surface area (Å²) < 4.78 is 0. The number of anilines is 1. The zero-order chi connectivity index (χ0) is 15.5. The Hall–Kier alpha value is -2.47. The van der Waals surface area contributed by atoms with Gasteiger partial charge in [0.15, 0.2) is 0 Å². The molecule has 23 heavy (non-hydrogen) atoms. The van der Waals surface area contributed by atoms with Gasteiger partial charge in [0.25, 0.3) is 0 Å². The lowest BCUT2D eigenvalue weighted by Gasteiger charge is -2.33. The summed E-state index contributed by atoms with van der Waals surface area (Å²) in [4.78, 5) is 18.6. The van der Waals surface area contributed by atoms with E-state index in [1.807, 2.05) is 24.5 Å². The second-order valence-corrected chi connectivity index (χ2v) is 5.97. The molecule has 3 aromatic heterocycles. The van der Waals surface area contributed by atoms with Crippen molar-refractivity contribution in [3.8, 4) is 0 Å². The fourth-order valence-electron chi connectivity index (χ4n) is 3.16. The summed E-state index contributed by atoms with van der Waals surface area (Å²) in [7, 11) is 0. The van der Waals surface area contributed by atoms with Gasteiger partial charge in [-0.25, -0.2) is 9.97 Å². The number of hydrogen-bond donors (Lipinski definition) is 2. The third-order valence-electron chi connectivity index (χ3n) is 4.31. The summed E-state index contributed by atoms with van der Waals surface area (Å²) in [6.45, 7) is 2.81. The standard InChI is InChI=1S/C17H20N6/c1-3-14(12-23(8-1)17-19-5-2-6-20-17)21-11-15-9-13-10-18-7-4-16(13)22-15/h2,4-7,9-10,14,21-22H,1,3,8,11-12H2. The van der Waals surface area contributed by atoms with Gasteiger partial charge in [0.05, 0.1) is 0 Å².